The van der Waals surface area contributed by atoms with Crippen molar-refractivity contribution < 1.29 is 14.3 Å². The molecule has 1 N–H and O–H groups in total. The third-order valence-corrected chi connectivity index (χ3v) is 5.41. The number of hydrogen-bond acceptors (Lipinski definition) is 5. The normalized spacial score (nSPS) is 31.4. The van der Waals surface area contributed by atoms with Crippen molar-refractivity contribution in [1.82, 2.24) is 20.1 Å². The Morgan fingerprint density at radius 1 is 1.39 bits per heavy atom. The molecular weight excluding hydrogens is 296 g/mol. The Balaban J connectivity index is 1.67. The van der Waals surface area contributed by atoms with Crippen LogP contribution in [-0.4, -0.2) is 65.0 Å². The topological polar surface area (TPSA) is 80.3 Å². The van der Waals surface area contributed by atoms with Crippen molar-refractivity contribution in [2.75, 3.05) is 33.0 Å². The first kappa shape index (κ1) is 14.8. The molecule has 4 rings (SSSR count). The lowest BCUT2D eigenvalue weighted by molar-refractivity contribution is -0.0741. The van der Waals surface area contributed by atoms with Gasteiger partial charge in [0.1, 0.15) is 6.33 Å². The van der Waals surface area contributed by atoms with E-state index in [4.69, 9.17) is 9.47 Å². The van der Waals surface area contributed by atoms with Gasteiger partial charge in [-0.15, -0.1) is 0 Å². The van der Waals surface area contributed by atoms with Gasteiger partial charge >= 0.3 is 0 Å². The number of ether oxygens (including phenoxy) is 2. The Morgan fingerprint density at radius 3 is 3.13 bits per heavy atom. The van der Waals surface area contributed by atoms with Gasteiger partial charge in [0.2, 0.25) is 5.82 Å². The van der Waals surface area contributed by atoms with Gasteiger partial charge in [0.25, 0.3) is 5.91 Å². The third-order valence-electron chi connectivity index (χ3n) is 5.41. The van der Waals surface area contributed by atoms with Gasteiger partial charge in [-0.3, -0.25) is 9.89 Å². The molecule has 2 atom stereocenters. The average molecular weight is 318 g/mol. The van der Waals surface area contributed by atoms with Crippen LogP contribution >= 0.6 is 0 Å². The van der Waals surface area contributed by atoms with Gasteiger partial charge in [0.05, 0.1) is 19.8 Å². The van der Waals surface area contributed by atoms with Gasteiger partial charge in [-0.05, 0) is 25.7 Å². The summed E-state index contributed by atoms with van der Waals surface area (Å²) in [4.78, 5) is 18.9. The number of aromatic amines is 1. The molecule has 1 aromatic rings. The summed E-state index contributed by atoms with van der Waals surface area (Å²) in [6, 6.07) is 0.173. The molecular formula is C16H22N4O3. The second-order valence-corrected chi connectivity index (χ2v) is 6.50. The predicted octanol–water partition coefficient (Wildman–Crippen LogP) is 1.16. The number of amides is 1. The van der Waals surface area contributed by atoms with Gasteiger partial charge in [-0.2, -0.15) is 5.10 Å². The minimum Gasteiger partial charge on any atom is -0.380 e. The van der Waals surface area contributed by atoms with E-state index in [1.54, 1.807) is 0 Å². The van der Waals surface area contributed by atoms with Gasteiger partial charge < -0.3 is 14.4 Å². The van der Waals surface area contributed by atoms with Crippen molar-refractivity contribution in [2.45, 2.75) is 31.7 Å². The summed E-state index contributed by atoms with van der Waals surface area (Å²) in [7, 11) is 0. The number of piperidine rings is 1. The Kier molecular flexibility index (Phi) is 3.90. The first-order valence-electron chi connectivity index (χ1n) is 8.32. The van der Waals surface area contributed by atoms with Crippen LogP contribution in [0.25, 0.3) is 0 Å². The molecule has 3 aliphatic rings. The number of hydrogen-bond donors (Lipinski definition) is 1. The molecule has 0 unspecified atom stereocenters. The monoisotopic (exact) mass is 318 g/mol. The summed E-state index contributed by atoms with van der Waals surface area (Å²) in [5.74, 6) is 0.277. The molecule has 0 aromatic carbocycles. The first-order chi connectivity index (χ1) is 11.3. The van der Waals surface area contributed by atoms with Crippen molar-refractivity contribution in [2.24, 2.45) is 5.41 Å². The molecule has 124 valence electrons. The molecule has 0 aliphatic carbocycles. The molecule has 0 bridgehead atoms. The minimum atomic E-state index is -0.0596. The molecule has 7 heteroatoms. The lowest BCUT2D eigenvalue weighted by atomic mass is 9.65. The smallest absolute Gasteiger partial charge is 0.291 e. The fourth-order valence-corrected chi connectivity index (χ4v) is 4.37. The number of fused-ring (bicyclic) bond motifs is 1. The maximum Gasteiger partial charge on any atom is 0.291 e. The van der Waals surface area contributed by atoms with E-state index in [2.05, 4.69) is 21.3 Å². The van der Waals surface area contributed by atoms with E-state index < -0.39 is 0 Å². The van der Waals surface area contributed by atoms with E-state index in [1.165, 1.54) is 11.9 Å². The Bertz CT molecular complexity index is 596. The van der Waals surface area contributed by atoms with Gasteiger partial charge in [-0.25, -0.2) is 4.98 Å². The zero-order valence-electron chi connectivity index (χ0n) is 13.2. The quantitative estimate of drug-likeness (QED) is 0.828. The highest BCUT2D eigenvalue weighted by Crippen LogP contribution is 2.48. The maximum absolute atomic E-state index is 12.8. The molecule has 3 aliphatic heterocycles. The second-order valence-electron chi connectivity index (χ2n) is 6.50. The SMILES string of the molecule is O=C(c1ncn[nH]1)N1CCC[C@@]2(C3=CCOCC3)COCC[C@H]12. The van der Waals surface area contributed by atoms with Crippen LogP contribution in [0.15, 0.2) is 18.0 Å². The molecule has 0 saturated carbocycles. The van der Waals surface area contributed by atoms with Crippen LogP contribution in [0.4, 0.5) is 0 Å². The van der Waals surface area contributed by atoms with Gasteiger partial charge in [0.15, 0.2) is 0 Å². The van der Waals surface area contributed by atoms with Crippen molar-refractivity contribution in [3.8, 4) is 0 Å². The Labute approximate surface area is 135 Å². The fraction of sp³-hybridized carbons (Fsp3) is 0.688. The Morgan fingerprint density at radius 2 is 2.35 bits per heavy atom. The number of aromatic nitrogens is 3. The van der Waals surface area contributed by atoms with E-state index in [0.29, 0.717) is 25.6 Å². The molecule has 2 fully saturated rings. The van der Waals surface area contributed by atoms with E-state index in [-0.39, 0.29) is 17.4 Å². The largest absolute Gasteiger partial charge is 0.380 e. The average Bonchev–Trinajstić information content (AvgIpc) is 3.16. The van der Waals surface area contributed by atoms with Crippen LogP contribution in [0.2, 0.25) is 0 Å². The summed E-state index contributed by atoms with van der Waals surface area (Å²) >= 11 is 0. The Hall–Kier alpha value is -1.73. The van der Waals surface area contributed by atoms with Crippen molar-refractivity contribution >= 4 is 5.91 Å². The lowest BCUT2D eigenvalue weighted by Gasteiger charge is -2.53. The number of nitrogens with zero attached hydrogens (tertiary/aromatic N) is 3. The summed E-state index contributed by atoms with van der Waals surface area (Å²) in [6.07, 6.45) is 7.45. The summed E-state index contributed by atoms with van der Waals surface area (Å²) in [5, 5.41) is 6.52. The van der Waals surface area contributed by atoms with Crippen molar-refractivity contribution in [3.63, 3.8) is 0 Å². The van der Waals surface area contributed by atoms with E-state index in [0.717, 1.165) is 38.8 Å². The molecule has 7 nitrogen and oxygen atoms in total. The molecule has 4 heterocycles. The zero-order valence-corrected chi connectivity index (χ0v) is 13.2. The van der Waals surface area contributed by atoms with Crippen LogP contribution in [0, 0.1) is 5.41 Å². The van der Waals surface area contributed by atoms with E-state index >= 15 is 0 Å². The molecule has 23 heavy (non-hydrogen) atoms. The van der Waals surface area contributed by atoms with Crippen LogP contribution in [0.3, 0.4) is 0 Å². The number of carbonyl (C=O) groups excluding carboxylic acids is 1. The van der Waals surface area contributed by atoms with Gasteiger partial charge in [0, 0.05) is 24.6 Å². The van der Waals surface area contributed by atoms with Crippen LogP contribution in [-0.2, 0) is 9.47 Å². The van der Waals surface area contributed by atoms with E-state index in [1.807, 2.05) is 4.90 Å². The molecule has 0 radical (unpaired) electrons. The summed E-state index contributed by atoms with van der Waals surface area (Å²) in [6.45, 7) is 3.60. The lowest BCUT2D eigenvalue weighted by Crippen LogP contribution is -2.59. The number of rotatable bonds is 2. The summed E-state index contributed by atoms with van der Waals surface area (Å²) in [5.41, 5.74) is 1.35. The minimum absolute atomic E-state index is 0.0499. The van der Waals surface area contributed by atoms with E-state index in [9.17, 15) is 4.79 Å². The van der Waals surface area contributed by atoms with Crippen molar-refractivity contribution in [1.29, 1.82) is 0 Å². The predicted molar refractivity (Wildman–Crippen MR) is 81.8 cm³/mol. The third kappa shape index (κ3) is 2.48. The maximum atomic E-state index is 12.8. The second kappa shape index (κ2) is 6.05. The number of likely N-dealkylation sites (tertiary alicyclic amines) is 1. The molecule has 0 spiro atoms. The highest BCUT2D eigenvalue weighted by Gasteiger charge is 2.50. The van der Waals surface area contributed by atoms with Crippen LogP contribution < -0.4 is 0 Å². The van der Waals surface area contributed by atoms with Crippen molar-refractivity contribution in [3.05, 3.63) is 23.8 Å². The fourth-order valence-electron chi connectivity index (χ4n) is 4.37. The zero-order chi connectivity index (χ0) is 15.7. The highest BCUT2D eigenvalue weighted by atomic mass is 16.5. The number of H-pyrrole nitrogens is 1. The molecule has 2 saturated heterocycles. The molecule has 1 aromatic heterocycles. The molecule has 1 amide bonds. The first-order valence-corrected chi connectivity index (χ1v) is 8.32. The van der Waals surface area contributed by atoms with Gasteiger partial charge in [-0.1, -0.05) is 11.6 Å². The summed E-state index contributed by atoms with van der Waals surface area (Å²) < 4.78 is 11.3. The van der Waals surface area contributed by atoms with Crippen LogP contribution in [0.5, 0.6) is 0 Å². The standard InChI is InChI=1S/C16H22N4O3/c21-15(14-17-11-18-19-14)20-6-1-5-16(10-23-9-4-13(16)20)12-2-7-22-8-3-12/h2,11,13H,1,3-10H2,(H,17,18,19)/t13-,16-/m0/s1. The number of carbonyl (C=O) groups is 1. The van der Waals surface area contributed by atoms with Crippen LogP contribution in [0.1, 0.15) is 36.3 Å². The number of nitrogens with one attached hydrogen (secondary N) is 1. The highest BCUT2D eigenvalue weighted by molar-refractivity contribution is 5.90.